The Hall–Kier alpha value is -1.43. The first-order valence-corrected chi connectivity index (χ1v) is 5.39. The summed E-state index contributed by atoms with van der Waals surface area (Å²) in [4.78, 5) is 11.6. The van der Waals surface area contributed by atoms with Gasteiger partial charge in [-0.3, -0.25) is 0 Å². The van der Waals surface area contributed by atoms with E-state index in [1.807, 2.05) is 6.07 Å². The van der Waals surface area contributed by atoms with Crippen molar-refractivity contribution in [2.45, 2.75) is 12.4 Å². The zero-order chi connectivity index (χ0) is 12.1. The Morgan fingerprint density at radius 1 is 1.29 bits per heavy atom. The molecule has 1 heterocycles. The summed E-state index contributed by atoms with van der Waals surface area (Å²) in [6.07, 6.45) is -1.19. The molecule has 0 radical (unpaired) electrons. The molecule has 1 aliphatic heterocycles. The summed E-state index contributed by atoms with van der Waals surface area (Å²) in [5, 5.41) is 9.12. The van der Waals surface area contributed by atoms with Gasteiger partial charge in [-0.05, 0) is 12.1 Å². The highest BCUT2D eigenvalue weighted by atomic mass is 16.7. The van der Waals surface area contributed by atoms with E-state index in [9.17, 15) is 4.79 Å². The fourth-order valence-corrected chi connectivity index (χ4v) is 1.43. The SMILES string of the molecule is O=C(OC[C@H]1OC[C@@H](O)CO1)c1ccccc1. The number of rotatable bonds is 3. The van der Waals surface area contributed by atoms with Crippen molar-refractivity contribution in [3.05, 3.63) is 35.9 Å². The Morgan fingerprint density at radius 3 is 2.59 bits per heavy atom. The number of esters is 1. The van der Waals surface area contributed by atoms with Crippen LogP contribution >= 0.6 is 0 Å². The molecule has 5 nitrogen and oxygen atoms in total. The van der Waals surface area contributed by atoms with Crippen LogP contribution in [0.15, 0.2) is 30.3 Å². The average Bonchev–Trinajstić information content (AvgIpc) is 2.39. The van der Waals surface area contributed by atoms with Crippen LogP contribution in [0, 0.1) is 0 Å². The first-order valence-electron chi connectivity index (χ1n) is 5.39. The quantitative estimate of drug-likeness (QED) is 0.780. The van der Waals surface area contributed by atoms with Gasteiger partial charge in [0.1, 0.15) is 12.7 Å². The molecule has 0 aromatic heterocycles. The number of aliphatic hydroxyl groups is 1. The maximum absolute atomic E-state index is 11.6. The lowest BCUT2D eigenvalue weighted by Gasteiger charge is -2.26. The average molecular weight is 238 g/mol. The van der Waals surface area contributed by atoms with Crippen LogP contribution in [0.4, 0.5) is 0 Å². The summed E-state index contributed by atoms with van der Waals surface area (Å²) in [7, 11) is 0. The lowest BCUT2D eigenvalue weighted by Crippen LogP contribution is -2.38. The van der Waals surface area contributed by atoms with Crippen LogP contribution in [0.3, 0.4) is 0 Å². The Labute approximate surface area is 98.9 Å². The predicted molar refractivity (Wildman–Crippen MR) is 58.4 cm³/mol. The van der Waals surface area contributed by atoms with E-state index in [0.29, 0.717) is 5.56 Å². The molecule has 0 bridgehead atoms. The molecule has 0 saturated carbocycles. The van der Waals surface area contributed by atoms with Crippen LogP contribution in [0.25, 0.3) is 0 Å². The first-order chi connectivity index (χ1) is 8.25. The van der Waals surface area contributed by atoms with Gasteiger partial charge in [0.2, 0.25) is 0 Å². The summed E-state index contributed by atoms with van der Waals surface area (Å²) in [5.41, 5.74) is 0.489. The third-order valence-corrected chi connectivity index (χ3v) is 2.31. The van der Waals surface area contributed by atoms with Crippen LogP contribution in [-0.4, -0.2) is 43.3 Å². The van der Waals surface area contributed by atoms with E-state index in [1.165, 1.54) is 0 Å². The van der Waals surface area contributed by atoms with Crippen LogP contribution in [0.2, 0.25) is 0 Å². The maximum Gasteiger partial charge on any atom is 0.338 e. The molecule has 0 spiro atoms. The van der Waals surface area contributed by atoms with Gasteiger partial charge in [0.05, 0.1) is 18.8 Å². The van der Waals surface area contributed by atoms with Gasteiger partial charge >= 0.3 is 5.97 Å². The highest BCUT2D eigenvalue weighted by molar-refractivity contribution is 5.89. The Balaban J connectivity index is 1.77. The zero-order valence-corrected chi connectivity index (χ0v) is 9.24. The van der Waals surface area contributed by atoms with Gasteiger partial charge in [-0.25, -0.2) is 4.79 Å². The van der Waals surface area contributed by atoms with Gasteiger partial charge in [-0.2, -0.15) is 0 Å². The van der Waals surface area contributed by atoms with Gasteiger partial charge in [0.25, 0.3) is 0 Å². The van der Waals surface area contributed by atoms with Crippen molar-refractivity contribution in [2.75, 3.05) is 19.8 Å². The minimum absolute atomic E-state index is 0.0282. The highest BCUT2D eigenvalue weighted by Crippen LogP contribution is 2.07. The number of hydrogen-bond acceptors (Lipinski definition) is 5. The number of carbonyl (C=O) groups excluding carboxylic acids is 1. The second kappa shape index (κ2) is 5.77. The lowest BCUT2D eigenvalue weighted by atomic mass is 10.2. The number of carbonyl (C=O) groups is 1. The summed E-state index contributed by atoms with van der Waals surface area (Å²) >= 11 is 0. The minimum Gasteiger partial charge on any atom is -0.457 e. The molecular weight excluding hydrogens is 224 g/mol. The highest BCUT2D eigenvalue weighted by Gasteiger charge is 2.21. The van der Waals surface area contributed by atoms with Gasteiger partial charge in [-0.1, -0.05) is 18.2 Å². The van der Waals surface area contributed by atoms with Gasteiger partial charge < -0.3 is 19.3 Å². The molecule has 2 rings (SSSR count). The Bertz CT molecular complexity index is 356. The van der Waals surface area contributed by atoms with Crippen LogP contribution in [0.5, 0.6) is 0 Å². The monoisotopic (exact) mass is 238 g/mol. The van der Waals surface area contributed by atoms with E-state index in [2.05, 4.69) is 0 Å². The topological polar surface area (TPSA) is 65.0 Å². The van der Waals surface area contributed by atoms with E-state index >= 15 is 0 Å². The van der Waals surface area contributed by atoms with Crippen molar-refractivity contribution in [3.63, 3.8) is 0 Å². The number of ether oxygens (including phenoxy) is 3. The standard InChI is InChI=1S/C12H14O5/c13-10-6-15-11(16-7-10)8-17-12(14)9-4-2-1-3-5-9/h1-5,10-11,13H,6-8H2/t10-,11+. The van der Waals surface area contributed by atoms with E-state index in [-0.39, 0.29) is 19.8 Å². The summed E-state index contributed by atoms with van der Waals surface area (Å²) in [6.45, 7) is 0.432. The maximum atomic E-state index is 11.6. The van der Waals surface area contributed by atoms with Gasteiger partial charge in [0.15, 0.2) is 6.29 Å². The van der Waals surface area contributed by atoms with Crippen molar-refractivity contribution in [2.24, 2.45) is 0 Å². The molecular formula is C12H14O5. The lowest BCUT2D eigenvalue weighted by molar-refractivity contribution is -0.228. The fraction of sp³-hybridized carbons (Fsp3) is 0.417. The van der Waals surface area contributed by atoms with E-state index in [4.69, 9.17) is 19.3 Å². The third-order valence-electron chi connectivity index (χ3n) is 2.31. The number of benzene rings is 1. The molecule has 1 N–H and O–H groups in total. The molecule has 1 saturated heterocycles. The Morgan fingerprint density at radius 2 is 1.94 bits per heavy atom. The molecule has 1 aromatic carbocycles. The molecule has 0 unspecified atom stereocenters. The van der Waals surface area contributed by atoms with E-state index < -0.39 is 18.4 Å². The molecule has 0 atom stereocenters. The van der Waals surface area contributed by atoms with Crippen molar-refractivity contribution in [1.29, 1.82) is 0 Å². The fourth-order valence-electron chi connectivity index (χ4n) is 1.43. The number of hydrogen-bond donors (Lipinski definition) is 1. The largest absolute Gasteiger partial charge is 0.457 e. The molecule has 0 amide bonds. The molecule has 0 aliphatic carbocycles. The molecule has 5 heteroatoms. The predicted octanol–water partition coefficient (Wildman–Crippen LogP) is 0.577. The smallest absolute Gasteiger partial charge is 0.338 e. The molecule has 92 valence electrons. The second-order valence-corrected chi connectivity index (χ2v) is 3.71. The number of aliphatic hydroxyl groups excluding tert-OH is 1. The summed E-state index contributed by atoms with van der Waals surface area (Å²) in [5.74, 6) is -0.413. The van der Waals surface area contributed by atoms with Crippen LogP contribution in [0.1, 0.15) is 10.4 Å². The van der Waals surface area contributed by atoms with Gasteiger partial charge in [0, 0.05) is 0 Å². The second-order valence-electron chi connectivity index (χ2n) is 3.71. The minimum atomic E-state index is -0.601. The van der Waals surface area contributed by atoms with Gasteiger partial charge in [-0.15, -0.1) is 0 Å². The summed E-state index contributed by atoms with van der Waals surface area (Å²) < 4.78 is 15.3. The van der Waals surface area contributed by atoms with Crippen LogP contribution < -0.4 is 0 Å². The van der Waals surface area contributed by atoms with E-state index in [0.717, 1.165) is 0 Å². The molecule has 17 heavy (non-hydrogen) atoms. The van der Waals surface area contributed by atoms with Crippen LogP contribution in [-0.2, 0) is 14.2 Å². The molecule has 1 aromatic rings. The van der Waals surface area contributed by atoms with E-state index in [1.54, 1.807) is 24.3 Å². The summed E-state index contributed by atoms with van der Waals surface area (Å²) in [6, 6.07) is 8.70. The Kier molecular flexibility index (Phi) is 4.08. The molecule has 1 aliphatic rings. The van der Waals surface area contributed by atoms with Crippen molar-refractivity contribution in [1.82, 2.24) is 0 Å². The zero-order valence-electron chi connectivity index (χ0n) is 9.24. The van der Waals surface area contributed by atoms with Crippen molar-refractivity contribution < 1.29 is 24.1 Å². The van der Waals surface area contributed by atoms with Crippen molar-refractivity contribution >= 4 is 5.97 Å². The normalized spacial score (nSPS) is 24.3. The third kappa shape index (κ3) is 3.52. The molecule has 1 fully saturated rings. The first kappa shape index (κ1) is 12.0. The van der Waals surface area contributed by atoms with Crippen molar-refractivity contribution in [3.8, 4) is 0 Å².